The SMILES string of the molecule is COc1ccc(C(=O)c2ccc(Br)c(C)c2)c(Cl)c1. The Balaban J connectivity index is 2.41. The maximum absolute atomic E-state index is 12.4. The first-order chi connectivity index (χ1) is 9.02. The van der Waals surface area contributed by atoms with Gasteiger partial charge in [-0.25, -0.2) is 0 Å². The number of carbonyl (C=O) groups excluding carboxylic acids is 1. The molecule has 0 radical (unpaired) electrons. The van der Waals surface area contributed by atoms with Crippen molar-refractivity contribution in [2.45, 2.75) is 6.92 Å². The van der Waals surface area contributed by atoms with Gasteiger partial charge in [0.2, 0.25) is 0 Å². The van der Waals surface area contributed by atoms with Gasteiger partial charge in [0.1, 0.15) is 5.75 Å². The highest BCUT2D eigenvalue weighted by Gasteiger charge is 2.14. The third kappa shape index (κ3) is 2.99. The van der Waals surface area contributed by atoms with E-state index in [4.69, 9.17) is 16.3 Å². The molecule has 19 heavy (non-hydrogen) atoms. The van der Waals surface area contributed by atoms with Crippen molar-refractivity contribution in [1.29, 1.82) is 0 Å². The quantitative estimate of drug-likeness (QED) is 0.761. The van der Waals surface area contributed by atoms with Crippen molar-refractivity contribution >= 4 is 33.3 Å². The molecule has 0 aliphatic rings. The smallest absolute Gasteiger partial charge is 0.194 e. The van der Waals surface area contributed by atoms with Crippen molar-refractivity contribution in [3.63, 3.8) is 0 Å². The average molecular weight is 340 g/mol. The van der Waals surface area contributed by atoms with Gasteiger partial charge in [0.25, 0.3) is 0 Å². The second-order valence-corrected chi connectivity index (χ2v) is 5.40. The van der Waals surface area contributed by atoms with E-state index in [1.54, 1.807) is 31.4 Å². The van der Waals surface area contributed by atoms with Crippen LogP contribution in [-0.2, 0) is 0 Å². The summed E-state index contributed by atoms with van der Waals surface area (Å²) in [5.41, 5.74) is 2.10. The number of rotatable bonds is 3. The predicted octanol–water partition coefficient (Wildman–Crippen LogP) is 4.65. The molecule has 2 aromatic carbocycles. The number of ether oxygens (including phenoxy) is 1. The molecule has 0 saturated heterocycles. The Morgan fingerprint density at radius 1 is 1.21 bits per heavy atom. The number of ketones is 1. The largest absolute Gasteiger partial charge is 0.497 e. The van der Waals surface area contributed by atoms with E-state index in [1.165, 1.54) is 0 Å². The summed E-state index contributed by atoms with van der Waals surface area (Å²) in [6.07, 6.45) is 0. The monoisotopic (exact) mass is 338 g/mol. The fourth-order valence-corrected chi connectivity index (χ4v) is 2.25. The minimum Gasteiger partial charge on any atom is -0.497 e. The van der Waals surface area contributed by atoms with Gasteiger partial charge in [-0.15, -0.1) is 0 Å². The minimum atomic E-state index is -0.0942. The highest BCUT2D eigenvalue weighted by molar-refractivity contribution is 9.10. The van der Waals surface area contributed by atoms with Crippen molar-refractivity contribution in [1.82, 2.24) is 0 Å². The number of halogens is 2. The van der Waals surface area contributed by atoms with Crippen molar-refractivity contribution in [3.8, 4) is 5.75 Å². The molecule has 0 fully saturated rings. The van der Waals surface area contributed by atoms with E-state index >= 15 is 0 Å². The van der Waals surface area contributed by atoms with Crippen LogP contribution in [0.25, 0.3) is 0 Å². The molecule has 0 aromatic heterocycles. The van der Waals surface area contributed by atoms with Gasteiger partial charge in [-0.05, 0) is 48.9 Å². The zero-order chi connectivity index (χ0) is 14.0. The molecule has 0 heterocycles. The van der Waals surface area contributed by atoms with Gasteiger partial charge in [0, 0.05) is 15.6 Å². The Morgan fingerprint density at radius 2 is 1.95 bits per heavy atom. The summed E-state index contributed by atoms with van der Waals surface area (Å²) in [6.45, 7) is 1.94. The van der Waals surface area contributed by atoms with Crippen LogP contribution in [-0.4, -0.2) is 12.9 Å². The lowest BCUT2D eigenvalue weighted by molar-refractivity contribution is 0.103. The van der Waals surface area contributed by atoms with Gasteiger partial charge in [-0.2, -0.15) is 0 Å². The molecule has 0 aliphatic carbocycles. The number of carbonyl (C=O) groups is 1. The molecule has 0 atom stereocenters. The minimum absolute atomic E-state index is 0.0942. The summed E-state index contributed by atoms with van der Waals surface area (Å²) in [6, 6.07) is 10.5. The van der Waals surface area contributed by atoms with Crippen molar-refractivity contribution in [2.24, 2.45) is 0 Å². The highest BCUT2D eigenvalue weighted by Crippen LogP contribution is 2.26. The van der Waals surface area contributed by atoms with E-state index in [-0.39, 0.29) is 5.78 Å². The van der Waals surface area contributed by atoms with Crippen LogP contribution in [0.5, 0.6) is 5.75 Å². The van der Waals surface area contributed by atoms with Gasteiger partial charge < -0.3 is 4.74 Å². The Hall–Kier alpha value is -1.32. The summed E-state index contributed by atoms with van der Waals surface area (Å²) in [7, 11) is 1.56. The molecule has 0 bridgehead atoms. The number of hydrogen-bond donors (Lipinski definition) is 0. The Bertz CT molecular complexity index is 638. The molecule has 0 N–H and O–H groups in total. The molecular weight excluding hydrogens is 328 g/mol. The molecule has 0 saturated carbocycles. The first-order valence-corrected chi connectivity index (χ1v) is 6.84. The molecule has 98 valence electrons. The van der Waals surface area contributed by atoms with Crippen LogP contribution < -0.4 is 4.74 Å². The topological polar surface area (TPSA) is 26.3 Å². The summed E-state index contributed by atoms with van der Waals surface area (Å²) < 4.78 is 6.05. The van der Waals surface area contributed by atoms with Crippen LogP contribution in [0.2, 0.25) is 5.02 Å². The van der Waals surface area contributed by atoms with Crippen LogP contribution in [0.15, 0.2) is 40.9 Å². The van der Waals surface area contributed by atoms with Crippen molar-refractivity contribution in [3.05, 3.63) is 62.6 Å². The van der Waals surface area contributed by atoms with E-state index < -0.39 is 0 Å². The number of methoxy groups -OCH3 is 1. The Labute approximate surface area is 125 Å². The lowest BCUT2D eigenvalue weighted by Crippen LogP contribution is -2.03. The van der Waals surface area contributed by atoms with E-state index in [1.807, 2.05) is 19.1 Å². The van der Waals surface area contributed by atoms with Crippen LogP contribution in [0.3, 0.4) is 0 Å². The van der Waals surface area contributed by atoms with Crippen LogP contribution >= 0.6 is 27.5 Å². The highest BCUT2D eigenvalue weighted by atomic mass is 79.9. The van der Waals surface area contributed by atoms with E-state index in [9.17, 15) is 4.79 Å². The first kappa shape index (κ1) is 14.1. The third-order valence-electron chi connectivity index (χ3n) is 2.84. The standard InChI is InChI=1S/C15H12BrClO2/c1-9-7-10(3-6-13(9)16)15(18)12-5-4-11(19-2)8-14(12)17/h3-8H,1-2H3. The van der Waals surface area contributed by atoms with Gasteiger partial charge in [0.05, 0.1) is 12.1 Å². The lowest BCUT2D eigenvalue weighted by Gasteiger charge is -2.07. The van der Waals surface area contributed by atoms with Crippen LogP contribution in [0.4, 0.5) is 0 Å². The summed E-state index contributed by atoms with van der Waals surface area (Å²) >= 11 is 9.53. The first-order valence-electron chi connectivity index (χ1n) is 5.67. The summed E-state index contributed by atoms with van der Waals surface area (Å²) in [5, 5.41) is 0.393. The molecule has 0 spiro atoms. The van der Waals surface area contributed by atoms with E-state index in [0.29, 0.717) is 21.9 Å². The Morgan fingerprint density at radius 3 is 2.53 bits per heavy atom. The van der Waals surface area contributed by atoms with Crippen LogP contribution in [0.1, 0.15) is 21.5 Å². The van der Waals surface area contributed by atoms with Crippen molar-refractivity contribution in [2.75, 3.05) is 7.11 Å². The maximum atomic E-state index is 12.4. The number of benzene rings is 2. The van der Waals surface area contributed by atoms with Gasteiger partial charge in [-0.3, -0.25) is 4.79 Å². The normalized spacial score (nSPS) is 10.3. The van der Waals surface area contributed by atoms with Gasteiger partial charge >= 0.3 is 0 Å². The molecule has 4 heteroatoms. The van der Waals surface area contributed by atoms with Gasteiger partial charge in [-0.1, -0.05) is 27.5 Å². The molecule has 2 nitrogen and oxygen atoms in total. The van der Waals surface area contributed by atoms with Crippen LogP contribution in [0, 0.1) is 6.92 Å². The van der Waals surface area contributed by atoms with E-state index in [0.717, 1.165) is 10.0 Å². The fraction of sp³-hybridized carbons (Fsp3) is 0.133. The third-order valence-corrected chi connectivity index (χ3v) is 4.04. The summed E-state index contributed by atoms with van der Waals surface area (Å²) in [4.78, 5) is 12.4. The predicted molar refractivity (Wildman–Crippen MR) is 80.3 cm³/mol. The van der Waals surface area contributed by atoms with Gasteiger partial charge in [0.15, 0.2) is 5.78 Å². The summed E-state index contributed by atoms with van der Waals surface area (Å²) in [5.74, 6) is 0.539. The molecule has 0 aliphatic heterocycles. The molecule has 2 rings (SSSR count). The number of hydrogen-bond acceptors (Lipinski definition) is 2. The molecule has 0 amide bonds. The molecule has 0 unspecified atom stereocenters. The van der Waals surface area contributed by atoms with Crippen molar-refractivity contribution < 1.29 is 9.53 Å². The molecular formula is C15H12BrClO2. The second kappa shape index (κ2) is 5.76. The number of aryl methyl sites for hydroxylation is 1. The fourth-order valence-electron chi connectivity index (χ4n) is 1.75. The van der Waals surface area contributed by atoms with E-state index in [2.05, 4.69) is 15.9 Å². The lowest BCUT2D eigenvalue weighted by atomic mass is 10.0. The Kier molecular flexibility index (Phi) is 4.27. The molecule has 2 aromatic rings. The average Bonchev–Trinajstić information content (AvgIpc) is 2.41. The zero-order valence-corrected chi connectivity index (χ0v) is 12.9. The zero-order valence-electron chi connectivity index (χ0n) is 10.5. The maximum Gasteiger partial charge on any atom is 0.194 e. The second-order valence-electron chi connectivity index (χ2n) is 4.14.